The summed E-state index contributed by atoms with van der Waals surface area (Å²) in [5.41, 5.74) is 14.8. The molecule has 3 heterocycles. The number of nitrogens with two attached hydrogens (primary N) is 2. The molecular weight excluding hydrogens is 690 g/mol. The van der Waals surface area contributed by atoms with Crippen LogP contribution in [0.5, 0.6) is 11.5 Å². The van der Waals surface area contributed by atoms with Crippen molar-refractivity contribution in [2.24, 2.45) is 10.7 Å². The number of nitrogens with one attached hydrogen (secondary N) is 1. The van der Waals surface area contributed by atoms with Gasteiger partial charge in [-0.05, 0) is 89.2 Å². The van der Waals surface area contributed by atoms with E-state index >= 15 is 4.39 Å². The lowest BCUT2D eigenvalue weighted by Gasteiger charge is -2.23. The van der Waals surface area contributed by atoms with Gasteiger partial charge in [0.1, 0.15) is 35.8 Å². The van der Waals surface area contributed by atoms with Gasteiger partial charge in [0.25, 0.3) is 0 Å². The number of fused-ring (bicyclic) bond motifs is 1. The number of aromatic nitrogens is 2. The molecule has 0 radical (unpaired) electrons. The van der Waals surface area contributed by atoms with E-state index in [0.29, 0.717) is 54.3 Å². The Labute approximate surface area is 311 Å². The number of nitrogen functional groups attached to an aromatic ring is 1. The largest absolute Gasteiger partial charge is 0.490 e. The molecule has 13 heteroatoms. The standard InChI is InChI=1S/C21H24ClF2N3O2.C14H18N2O.C2H6.CH5N.CH2O/c1-11-9-29-20-14(11)7-16(15(8-25-10-28)21(24)4-5-21)27-19(20)13-3-6-26-18(12(2)23)17(13)22;1-9-6-10(8-16-11-2-3-11)14(15)13(7-9)17-12-4-5-12;3*1-2/h3,6-7,11-12,15,25,28H,4-5,8-10H2,1-2H3;6-8,11-12H,2-5,15H2,1H3;1-2H3;2H2,1H3;1H2. The normalized spacial score (nSPS) is 18.7. The molecule has 286 valence electrons. The number of carbonyl (C=O) groups is 1. The minimum absolute atomic E-state index is 0.117. The van der Waals surface area contributed by atoms with E-state index in [1.165, 1.54) is 38.6 Å². The Morgan fingerprint density at radius 2 is 1.88 bits per heavy atom. The highest BCUT2D eigenvalue weighted by Gasteiger charge is 2.51. The first kappa shape index (κ1) is 42.7. The van der Waals surface area contributed by atoms with Crippen molar-refractivity contribution in [2.75, 3.05) is 32.7 Å². The highest BCUT2D eigenvalue weighted by Crippen LogP contribution is 2.52. The molecule has 3 fully saturated rings. The zero-order valence-corrected chi connectivity index (χ0v) is 32.0. The molecular formula is C39H55ClF2N6O4. The molecule has 0 spiro atoms. The van der Waals surface area contributed by atoms with Crippen LogP contribution in [0.2, 0.25) is 5.02 Å². The van der Waals surface area contributed by atoms with Gasteiger partial charge in [0.05, 0.1) is 41.9 Å². The van der Waals surface area contributed by atoms with Gasteiger partial charge in [0, 0.05) is 53.2 Å². The van der Waals surface area contributed by atoms with E-state index in [1.54, 1.807) is 6.07 Å². The molecule has 0 saturated heterocycles. The van der Waals surface area contributed by atoms with E-state index in [2.05, 4.69) is 34.0 Å². The maximum atomic E-state index is 15.1. The Hall–Kier alpha value is -3.71. The van der Waals surface area contributed by atoms with Crippen molar-refractivity contribution in [1.29, 1.82) is 0 Å². The smallest absolute Gasteiger partial charge is 0.149 e. The van der Waals surface area contributed by atoms with Gasteiger partial charge in [-0.2, -0.15) is 0 Å². The molecule has 3 unspecified atom stereocenters. The fourth-order valence-electron chi connectivity index (χ4n) is 5.67. The van der Waals surface area contributed by atoms with Crippen LogP contribution in [0.4, 0.5) is 14.5 Å². The maximum absolute atomic E-state index is 15.1. The number of aryl methyl sites for hydroxylation is 1. The molecule has 10 nitrogen and oxygen atoms in total. The van der Waals surface area contributed by atoms with Crippen LogP contribution >= 0.6 is 11.6 Å². The number of hydrogen-bond acceptors (Lipinski definition) is 10. The third kappa shape index (κ3) is 10.9. The number of aliphatic hydroxyl groups is 1. The van der Waals surface area contributed by atoms with Crippen molar-refractivity contribution >= 4 is 30.3 Å². The van der Waals surface area contributed by atoms with Crippen molar-refractivity contribution < 1.29 is 28.2 Å². The van der Waals surface area contributed by atoms with Crippen LogP contribution in [0.1, 0.15) is 112 Å². The van der Waals surface area contributed by atoms with E-state index in [-0.39, 0.29) is 29.9 Å². The number of hydrogen-bond donors (Lipinski definition) is 4. The summed E-state index contributed by atoms with van der Waals surface area (Å²) in [6.45, 7) is 12.0. The first-order chi connectivity index (χ1) is 25.1. The van der Waals surface area contributed by atoms with E-state index < -0.39 is 17.8 Å². The summed E-state index contributed by atoms with van der Waals surface area (Å²) < 4.78 is 40.8. The number of benzene rings is 1. The molecule has 7 rings (SSSR count). The number of rotatable bonds is 11. The molecule has 3 atom stereocenters. The third-order valence-electron chi connectivity index (χ3n) is 8.86. The molecule has 3 saturated carbocycles. The number of pyridine rings is 2. The van der Waals surface area contributed by atoms with Gasteiger partial charge < -0.3 is 30.8 Å². The number of carbonyl (C=O) groups excluding carboxylic acids is 1. The third-order valence-corrected chi connectivity index (χ3v) is 9.25. The Balaban J connectivity index is 0.000000269. The number of halogens is 3. The minimum Gasteiger partial charge on any atom is -0.490 e. The van der Waals surface area contributed by atoms with Gasteiger partial charge >= 0.3 is 0 Å². The lowest BCUT2D eigenvalue weighted by molar-refractivity contribution is -0.0980. The van der Waals surface area contributed by atoms with Crippen molar-refractivity contribution in [3.8, 4) is 22.8 Å². The molecule has 4 aliphatic rings. The van der Waals surface area contributed by atoms with Crippen molar-refractivity contribution in [2.45, 2.75) is 109 Å². The van der Waals surface area contributed by atoms with Crippen molar-refractivity contribution in [1.82, 2.24) is 15.3 Å². The average molecular weight is 745 g/mol. The molecule has 6 N–H and O–H groups in total. The second kappa shape index (κ2) is 19.9. The van der Waals surface area contributed by atoms with Crippen LogP contribution in [0.3, 0.4) is 0 Å². The van der Waals surface area contributed by atoms with Crippen LogP contribution in [-0.2, 0) is 4.79 Å². The van der Waals surface area contributed by atoms with Crippen LogP contribution < -0.4 is 26.3 Å². The van der Waals surface area contributed by atoms with E-state index in [9.17, 15) is 4.39 Å². The monoisotopic (exact) mass is 744 g/mol. The van der Waals surface area contributed by atoms with Gasteiger partial charge in [0.2, 0.25) is 0 Å². The highest BCUT2D eigenvalue weighted by molar-refractivity contribution is 6.34. The Morgan fingerprint density at radius 1 is 1.21 bits per heavy atom. The lowest BCUT2D eigenvalue weighted by atomic mass is 9.92. The molecule has 3 aliphatic carbocycles. The first-order valence-electron chi connectivity index (χ1n) is 18.0. The van der Waals surface area contributed by atoms with Crippen LogP contribution in [-0.4, -0.2) is 72.8 Å². The zero-order chi connectivity index (χ0) is 38.6. The van der Waals surface area contributed by atoms with Crippen molar-refractivity contribution in [3.05, 3.63) is 63.6 Å². The van der Waals surface area contributed by atoms with Crippen LogP contribution in [0.25, 0.3) is 11.3 Å². The zero-order valence-electron chi connectivity index (χ0n) is 31.2. The van der Waals surface area contributed by atoms with Crippen LogP contribution in [0.15, 0.2) is 35.5 Å². The quantitative estimate of drug-likeness (QED) is 0.0883. The second-order valence-electron chi connectivity index (χ2n) is 13.0. The Kier molecular flexibility index (Phi) is 16.4. The van der Waals surface area contributed by atoms with E-state index in [0.717, 1.165) is 35.4 Å². The average Bonchev–Trinajstić information content (AvgIpc) is 4.07. The molecule has 2 aromatic heterocycles. The first-order valence-corrected chi connectivity index (χ1v) is 18.4. The molecule has 0 amide bonds. The van der Waals surface area contributed by atoms with Crippen LogP contribution in [0, 0.1) is 6.92 Å². The summed E-state index contributed by atoms with van der Waals surface area (Å²) in [7, 11) is 1.50. The summed E-state index contributed by atoms with van der Waals surface area (Å²) in [4.78, 5) is 21.3. The Morgan fingerprint density at radius 3 is 2.46 bits per heavy atom. The molecule has 1 aromatic carbocycles. The molecule has 3 aromatic rings. The fourth-order valence-corrected chi connectivity index (χ4v) is 6.02. The predicted octanol–water partition coefficient (Wildman–Crippen LogP) is 7.56. The fraction of sp³-hybridized carbons (Fsp3) is 0.538. The minimum atomic E-state index is -1.34. The summed E-state index contributed by atoms with van der Waals surface area (Å²) in [5, 5.41) is 12.2. The summed E-state index contributed by atoms with van der Waals surface area (Å²) in [6.07, 6.45) is 8.11. The van der Waals surface area contributed by atoms with Gasteiger partial charge in [0.15, 0.2) is 0 Å². The number of aliphatic hydroxyl groups excluding tert-OH is 1. The predicted molar refractivity (Wildman–Crippen MR) is 205 cm³/mol. The van der Waals surface area contributed by atoms with Crippen molar-refractivity contribution in [3.63, 3.8) is 0 Å². The van der Waals surface area contributed by atoms with E-state index in [4.69, 9.17) is 41.7 Å². The van der Waals surface area contributed by atoms with Gasteiger partial charge in [-0.3, -0.25) is 15.3 Å². The number of anilines is 1. The van der Waals surface area contributed by atoms with Gasteiger partial charge in [-0.15, -0.1) is 0 Å². The second-order valence-corrected chi connectivity index (χ2v) is 13.4. The summed E-state index contributed by atoms with van der Waals surface area (Å²) in [6, 6.07) is 8.19. The number of nitrogens with zero attached hydrogens (tertiary/aromatic N) is 3. The molecule has 1 aliphatic heterocycles. The van der Waals surface area contributed by atoms with Gasteiger partial charge in [-0.25, -0.2) is 13.8 Å². The SMILES string of the molecule is C=O.CC.CC(F)c1nccc(-c2nc(C(CNCO)C3(F)CC3)cc3c2OCC3C)c1Cl.CN.Cc1cc(C=NC2CC2)c(N)c(OC2CC2)c1. The molecule has 52 heavy (non-hydrogen) atoms. The van der Waals surface area contributed by atoms with E-state index in [1.807, 2.05) is 45.9 Å². The molecule has 0 bridgehead atoms. The lowest BCUT2D eigenvalue weighted by Crippen LogP contribution is -2.30. The van der Waals surface area contributed by atoms with Gasteiger partial charge in [-0.1, -0.05) is 32.4 Å². The summed E-state index contributed by atoms with van der Waals surface area (Å²) in [5.74, 6) is 1.03. The number of aliphatic imine (C=N–C) groups is 1. The topological polar surface area (TPSA) is 158 Å². The number of ether oxygens (including phenoxy) is 2. The highest BCUT2D eigenvalue weighted by atomic mass is 35.5. The Bertz CT molecular complexity index is 1630. The maximum Gasteiger partial charge on any atom is 0.149 e. The number of alkyl halides is 2. The summed E-state index contributed by atoms with van der Waals surface area (Å²) >= 11 is 6.48.